The quantitative estimate of drug-likeness (QED) is 0.661. The van der Waals surface area contributed by atoms with E-state index in [9.17, 15) is 0 Å². The van der Waals surface area contributed by atoms with Crippen LogP contribution in [-0.2, 0) is 0 Å². The highest BCUT2D eigenvalue weighted by atomic mass is 16.5. The third-order valence-corrected chi connectivity index (χ3v) is 1.50. The monoisotopic (exact) mass is 181 g/mol. The van der Waals surface area contributed by atoms with Crippen molar-refractivity contribution in [1.29, 1.82) is 0 Å². The first-order chi connectivity index (χ1) is 6.43. The second kappa shape index (κ2) is 6.37. The molecule has 0 aliphatic rings. The second-order valence-electron chi connectivity index (χ2n) is 2.66. The summed E-state index contributed by atoms with van der Waals surface area (Å²) in [7, 11) is 0. The topological polar surface area (TPSA) is 47.0 Å². The maximum absolute atomic E-state index is 5.32. The molecule has 0 aromatic carbocycles. The van der Waals surface area contributed by atoms with Gasteiger partial charge in [0, 0.05) is 18.8 Å². The molecule has 1 heterocycles. The number of rotatable bonds is 6. The van der Waals surface area contributed by atoms with Gasteiger partial charge in [0.05, 0.1) is 0 Å². The molecule has 0 atom stereocenters. The van der Waals surface area contributed by atoms with Crippen molar-refractivity contribution in [1.82, 2.24) is 15.5 Å². The molecule has 1 aromatic rings. The molecule has 1 rings (SSSR count). The SMILES string of the molecule is CCCNCCOc1cccnn1. The maximum atomic E-state index is 5.32. The van der Waals surface area contributed by atoms with Gasteiger partial charge in [0.2, 0.25) is 5.88 Å². The molecule has 0 saturated carbocycles. The largest absolute Gasteiger partial charge is 0.475 e. The average molecular weight is 181 g/mol. The lowest BCUT2D eigenvalue weighted by Gasteiger charge is -2.04. The minimum Gasteiger partial charge on any atom is -0.475 e. The summed E-state index contributed by atoms with van der Waals surface area (Å²) in [6.07, 6.45) is 2.77. The summed E-state index contributed by atoms with van der Waals surface area (Å²) in [5.74, 6) is 0.584. The van der Waals surface area contributed by atoms with Crippen LogP contribution in [0.1, 0.15) is 13.3 Å². The Morgan fingerprint density at radius 1 is 1.46 bits per heavy atom. The van der Waals surface area contributed by atoms with Gasteiger partial charge in [0.15, 0.2) is 0 Å². The van der Waals surface area contributed by atoms with Gasteiger partial charge in [-0.2, -0.15) is 5.10 Å². The lowest BCUT2D eigenvalue weighted by Crippen LogP contribution is -2.21. The molecule has 0 spiro atoms. The highest BCUT2D eigenvalue weighted by molar-refractivity contribution is 5.04. The lowest BCUT2D eigenvalue weighted by atomic mass is 10.5. The van der Waals surface area contributed by atoms with E-state index < -0.39 is 0 Å². The van der Waals surface area contributed by atoms with Crippen molar-refractivity contribution in [3.05, 3.63) is 18.3 Å². The van der Waals surface area contributed by atoms with Gasteiger partial charge in [0.1, 0.15) is 6.61 Å². The molecule has 1 N–H and O–H groups in total. The molecular formula is C9H15N3O. The van der Waals surface area contributed by atoms with E-state index in [-0.39, 0.29) is 0 Å². The van der Waals surface area contributed by atoms with Crippen LogP contribution in [-0.4, -0.2) is 29.9 Å². The van der Waals surface area contributed by atoms with Crippen LogP contribution in [0, 0.1) is 0 Å². The number of hydrogen-bond acceptors (Lipinski definition) is 4. The van der Waals surface area contributed by atoms with Gasteiger partial charge in [-0.25, -0.2) is 0 Å². The zero-order chi connectivity index (χ0) is 9.36. The van der Waals surface area contributed by atoms with Crippen LogP contribution in [0.15, 0.2) is 18.3 Å². The first-order valence-corrected chi connectivity index (χ1v) is 4.54. The minimum atomic E-state index is 0.584. The third-order valence-electron chi connectivity index (χ3n) is 1.50. The molecule has 4 heteroatoms. The molecule has 0 aliphatic heterocycles. The standard InChI is InChI=1S/C9H15N3O/c1-2-5-10-7-8-13-9-4-3-6-11-12-9/h3-4,6,10H,2,5,7-8H2,1H3. The van der Waals surface area contributed by atoms with E-state index in [1.807, 2.05) is 6.07 Å². The van der Waals surface area contributed by atoms with Crippen molar-refractivity contribution in [3.8, 4) is 5.88 Å². The normalized spacial score (nSPS) is 9.92. The predicted molar refractivity (Wildman–Crippen MR) is 50.7 cm³/mol. The number of aromatic nitrogens is 2. The Labute approximate surface area is 78.3 Å². The van der Waals surface area contributed by atoms with Crippen LogP contribution in [0.25, 0.3) is 0 Å². The van der Waals surface area contributed by atoms with Gasteiger partial charge in [-0.1, -0.05) is 6.92 Å². The summed E-state index contributed by atoms with van der Waals surface area (Å²) in [6.45, 7) is 4.66. The van der Waals surface area contributed by atoms with Gasteiger partial charge >= 0.3 is 0 Å². The summed E-state index contributed by atoms with van der Waals surface area (Å²) in [4.78, 5) is 0. The zero-order valence-corrected chi connectivity index (χ0v) is 7.86. The van der Waals surface area contributed by atoms with E-state index in [0.717, 1.165) is 19.5 Å². The maximum Gasteiger partial charge on any atom is 0.233 e. The van der Waals surface area contributed by atoms with Crippen LogP contribution in [0.2, 0.25) is 0 Å². The molecule has 0 bridgehead atoms. The first-order valence-electron chi connectivity index (χ1n) is 4.54. The Kier molecular flexibility index (Phi) is 4.86. The molecular weight excluding hydrogens is 166 g/mol. The molecule has 13 heavy (non-hydrogen) atoms. The summed E-state index contributed by atoms with van der Waals surface area (Å²) in [6, 6.07) is 3.61. The number of ether oxygens (including phenoxy) is 1. The van der Waals surface area contributed by atoms with Crippen LogP contribution in [0.4, 0.5) is 0 Å². The Bertz CT molecular complexity index is 215. The van der Waals surface area contributed by atoms with Gasteiger partial charge in [-0.05, 0) is 19.0 Å². The van der Waals surface area contributed by atoms with Crippen molar-refractivity contribution >= 4 is 0 Å². The molecule has 0 saturated heterocycles. The second-order valence-corrected chi connectivity index (χ2v) is 2.66. The number of nitrogens with zero attached hydrogens (tertiary/aromatic N) is 2. The van der Waals surface area contributed by atoms with Crippen molar-refractivity contribution in [2.45, 2.75) is 13.3 Å². The molecule has 72 valence electrons. The fourth-order valence-corrected chi connectivity index (χ4v) is 0.894. The summed E-state index contributed by atoms with van der Waals surface area (Å²) < 4.78 is 5.32. The smallest absolute Gasteiger partial charge is 0.233 e. The Morgan fingerprint density at radius 3 is 3.08 bits per heavy atom. The van der Waals surface area contributed by atoms with Crippen molar-refractivity contribution in [3.63, 3.8) is 0 Å². The fourth-order valence-electron chi connectivity index (χ4n) is 0.894. The van der Waals surface area contributed by atoms with E-state index in [2.05, 4.69) is 22.4 Å². The molecule has 0 aliphatic carbocycles. The molecule has 4 nitrogen and oxygen atoms in total. The summed E-state index contributed by atoms with van der Waals surface area (Å²) in [5, 5.41) is 10.7. The van der Waals surface area contributed by atoms with Crippen LogP contribution >= 0.6 is 0 Å². The molecule has 0 radical (unpaired) electrons. The highest BCUT2D eigenvalue weighted by Crippen LogP contribution is 1.99. The van der Waals surface area contributed by atoms with Gasteiger partial charge < -0.3 is 10.1 Å². The molecule has 1 aromatic heterocycles. The van der Waals surface area contributed by atoms with E-state index in [0.29, 0.717) is 12.5 Å². The van der Waals surface area contributed by atoms with Crippen LogP contribution in [0.5, 0.6) is 5.88 Å². The van der Waals surface area contributed by atoms with Crippen molar-refractivity contribution in [2.75, 3.05) is 19.7 Å². The van der Waals surface area contributed by atoms with E-state index in [4.69, 9.17) is 4.74 Å². The zero-order valence-electron chi connectivity index (χ0n) is 7.86. The number of nitrogens with one attached hydrogen (secondary N) is 1. The predicted octanol–water partition coefficient (Wildman–Crippen LogP) is 0.855. The first kappa shape index (κ1) is 9.92. The van der Waals surface area contributed by atoms with Crippen LogP contribution in [0.3, 0.4) is 0 Å². The fraction of sp³-hybridized carbons (Fsp3) is 0.556. The van der Waals surface area contributed by atoms with Crippen molar-refractivity contribution in [2.24, 2.45) is 0 Å². The van der Waals surface area contributed by atoms with Gasteiger partial charge in [0.25, 0.3) is 0 Å². The summed E-state index contributed by atoms with van der Waals surface area (Å²) >= 11 is 0. The highest BCUT2D eigenvalue weighted by Gasteiger charge is 1.92. The van der Waals surface area contributed by atoms with E-state index in [1.165, 1.54) is 0 Å². The number of hydrogen-bond donors (Lipinski definition) is 1. The minimum absolute atomic E-state index is 0.584. The van der Waals surface area contributed by atoms with Crippen molar-refractivity contribution < 1.29 is 4.74 Å². The average Bonchev–Trinajstić information content (AvgIpc) is 2.19. The molecule has 0 amide bonds. The van der Waals surface area contributed by atoms with Crippen LogP contribution < -0.4 is 10.1 Å². The van der Waals surface area contributed by atoms with E-state index >= 15 is 0 Å². The van der Waals surface area contributed by atoms with E-state index in [1.54, 1.807) is 12.3 Å². The van der Waals surface area contributed by atoms with Gasteiger partial charge in [-0.15, -0.1) is 5.10 Å². The summed E-state index contributed by atoms with van der Waals surface area (Å²) in [5.41, 5.74) is 0. The third kappa shape index (κ3) is 4.42. The Hall–Kier alpha value is -1.16. The molecule has 0 fully saturated rings. The molecule has 0 unspecified atom stereocenters. The Balaban J connectivity index is 2.07. The van der Waals surface area contributed by atoms with Gasteiger partial charge in [-0.3, -0.25) is 0 Å². The lowest BCUT2D eigenvalue weighted by molar-refractivity contribution is 0.299. The Morgan fingerprint density at radius 2 is 2.38 bits per heavy atom.